The number of hydrogen-bond donors (Lipinski definition) is 2. The summed E-state index contributed by atoms with van der Waals surface area (Å²) in [4.78, 5) is 25.6. The van der Waals surface area contributed by atoms with Crippen LogP contribution in [0.3, 0.4) is 0 Å². The number of aliphatic imine (C=N–C) groups is 1. The van der Waals surface area contributed by atoms with Gasteiger partial charge in [0.05, 0.1) is 18.3 Å². The van der Waals surface area contributed by atoms with Crippen LogP contribution in [0.25, 0.3) is 0 Å². The molecule has 0 aromatic carbocycles. The van der Waals surface area contributed by atoms with Crippen LogP contribution in [0, 0.1) is 6.92 Å². The van der Waals surface area contributed by atoms with Crippen molar-refractivity contribution < 1.29 is 14.1 Å². The summed E-state index contributed by atoms with van der Waals surface area (Å²) in [5.74, 6) is 1.83. The number of carbonyl (C=O) groups excluding carboxylic acids is 1. The van der Waals surface area contributed by atoms with Crippen LogP contribution in [0.5, 0.6) is 0 Å². The van der Waals surface area contributed by atoms with Crippen molar-refractivity contribution in [3.05, 3.63) is 27.3 Å². The van der Waals surface area contributed by atoms with Crippen molar-refractivity contribution in [2.24, 2.45) is 4.99 Å². The molecule has 0 amide bonds. The monoisotopic (exact) mass is 536 g/mol. The molecule has 0 saturated heterocycles. The van der Waals surface area contributed by atoms with Crippen molar-refractivity contribution in [3.8, 4) is 0 Å². The zero-order chi connectivity index (χ0) is 20.7. The zero-order valence-electron chi connectivity index (χ0n) is 17.6. The predicted molar refractivity (Wildman–Crippen MR) is 123 cm³/mol. The van der Waals surface area contributed by atoms with Crippen LogP contribution in [-0.4, -0.2) is 47.3 Å². The maximum atomic E-state index is 12.0. The Hall–Kier alpha value is -1.76. The SMILES string of the molecule is CCOC(=O)c1sc(C(C)NC(=NC)NCCc2nc(C(C)C)no2)nc1C.I. The lowest BCUT2D eigenvalue weighted by Crippen LogP contribution is -2.39. The maximum Gasteiger partial charge on any atom is 0.350 e. The van der Waals surface area contributed by atoms with Crippen molar-refractivity contribution >= 4 is 47.2 Å². The molecule has 0 aliphatic rings. The number of hydrogen-bond acceptors (Lipinski definition) is 8. The van der Waals surface area contributed by atoms with E-state index in [0.717, 1.165) is 5.01 Å². The molecule has 0 saturated carbocycles. The lowest BCUT2D eigenvalue weighted by atomic mass is 10.2. The molecule has 11 heteroatoms. The molecule has 2 aromatic rings. The van der Waals surface area contributed by atoms with Gasteiger partial charge in [0.1, 0.15) is 9.88 Å². The summed E-state index contributed by atoms with van der Waals surface area (Å²) < 4.78 is 10.3. The first kappa shape index (κ1) is 25.3. The first-order valence-electron chi connectivity index (χ1n) is 9.29. The van der Waals surface area contributed by atoms with Crippen LogP contribution in [0.15, 0.2) is 9.52 Å². The highest BCUT2D eigenvalue weighted by Gasteiger charge is 2.20. The van der Waals surface area contributed by atoms with E-state index in [1.807, 2.05) is 27.7 Å². The fourth-order valence-corrected chi connectivity index (χ4v) is 3.30. The number of aryl methyl sites for hydroxylation is 1. The minimum absolute atomic E-state index is 0. The molecule has 2 heterocycles. The predicted octanol–water partition coefficient (Wildman–Crippen LogP) is 3.22. The Morgan fingerprint density at radius 3 is 2.62 bits per heavy atom. The molecule has 162 valence electrons. The second-order valence-corrected chi connectivity index (χ2v) is 7.53. The van der Waals surface area contributed by atoms with Gasteiger partial charge in [0, 0.05) is 25.9 Å². The van der Waals surface area contributed by atoms with E-state index >= 15 is 0 Å². The normalized spacial score (nSPS) is 12.4. The standard InChI is InChI=1S/C18H28N6O3S.HI/c1-7-26-17(25)14-11(4)21-16(28-14)12(5)22-18(19-6)20-9-8-13-23-15(10(2)3)24-27-13;/h10,12H,7-9H2,1-6H3,(H2,19,20,22);1H. The topological polar surface area (TPSA) is 115 Å². The second-order valence-electron chi connectivity index (χ2n) is 6.50. The van der Waals surface area contributed by atoms with Crippen molar-refractivity contribution in [2.45, 2.75) is 53.0 Å². The van der Waals surface area contributed by atoms with Crippen molar-refractivity contribution in [1.29, 1.82) is 0 Å². The fourth-order valence-electron chi connectivity index (χ4n) is 2.34. The van der Waals surface area contributed by atoms with E-state index in [0.29, 0.717) is 47.8 Å². The summed E-state index contributed by atoms with van der Waals surface area (Å²) in [6.45, 7) is 10.5. The van der Waals surface area contributed by atoms with Crippen molar-refractivity contribution in [3.63, 3.8) is 0 Å². The van der Waals surface area contributed by atoms with Gasteiger partial charge in [-0.2, -0.15) is 4.98 Å². The molecule has 29 heavy (non-hydrogen) atoms. The van der Waals surface area contributed by atoms with Gasteiger partial charge in [0.25, 0.3) is 0 Å². The Kier molecular flexibility index (Phi) is 10.5. The highest BCUT2D eigenvalue weighted by atomic mass is 127. The van der Waals surface area contributed by atoms with Crippen LogP contribution in [0.4, 0.5) is 0 Å². The molecule has 9 nitrogen and oxygen atoms in total. The Morgan fingerprint density at radius 2 is 2.03 bits per heavy atom. The number of guanidine groups is 1. The number of thiazole rings is 1. The number of esters is 1. The molecule has 0 bridgehead atoms. The molecule has 0 spiro atoms. The van der Waals surface area contributed by atoms with Gasteiger partial charge in [0.2, 0.25) is 5.89 Å². The number of ether oxygens (including phenoxy) is 1. The smallest absolute Gasteiger partial charge is 0.350 e. The fraction of sp³-hybridized carbons (Fsp3) is 0.611. The summed E-state index contributed by atoms with van der Waals surface area (Å²) in [5, 5.41) is 11.2. The third kappa shape index (κ3) is 7.21. The molecule has 0 radical (unpaired) electrons. The van der Waals surface area contributed by atoms with Gasteiger partial charge in [-0.25, -0.2) is 9.78 Å². The lowest BCUT2D eigenvalue weighted by molar-refractivity contribution is 0.0531. The highest BCUT2D eigenvalue weighted by Crippen LogP contribution is 2.24. The van der Waals surface area contributed by atoms with E-state index in [-0.39, 0.29) is 41.9 Å². The molecule has 1 unspecified atom stereocenters. The lowest BCUT2D eigenvalue weighted by Gasteiger charge is -2.15. The minimum atomic E-state index is -0.334. The molecule has 2 aromatic heterocycles. The number of rotatable bonds is 8. The molecule has 1 atom stereocenters. The van der Waals surface area contributed by atoms with Crippen molar-refractivity contribution in [2.75, 3.05) is 20.2 Å². The molecule has 0 aliphatic carbocycles. The molecular formula is C18H29IN6O3S. The van der Waals surface area contributed by atoms with E-state index in [2.05, 4.69) is 30.8 Å². The summed E-state index contributed by atoms with van der Waals surface area (Å²) in [6.07, 6.45) is 0.595. The first-order valence-corrected chi connectivity index (χ1v) is 10.1. The minimum Gasteiger partial charge on any atom is -0.462 e. The van der Waals surface area contributed by atoms with E-state index < -0.39 is 0 Å². The van der Waals surface area contributed by atoms with Crippen LogP contribution in [0.2, 0.25) is 0 Å². The first-order chi connectivity index (χ1) is 13.3. The summed E-state index contributed by atoms with van der Waals surface area (Å²) in [7, 11) is 1.70. The number of halogens is 1. The number of nitrogens with one attached hydrogen (secondary N) is 2. The van der Waals surface area contributed by atoms with Gasteiger partial charge in [-0.15, -0.1) is 35.3 Å². The average Bonchev–Trinajstić information content (AvgIpc) is 3.28. The van der Waals surface area contributed by atoms with E-state index in [1.165, 1.54) is 11.3 Å². The Bertz CT molecular complexity index is 820. The zero-order valence-corrected chi connectivity index (χ0v) is 20.8. The molecule has 2 rings (SSSR count). The van der Waals surface area contributed by atoms with Crippen molar-refractivity contribution in [1.82, 2.24) is 25.8 Å². The third-order valence-electron chi connectivity index (χ3n) is 3.85. The summed E-state index contributed by atoms with van der Waals surface area (Å²) in [6, 6.07) is -0.117. The van der Waals surface area contributed by atoms with E-state index in [1.54, 1.807) is 14.0 Å². The molecule has 2 N–H and O–H groups in total. The quantitative estimate of drug-likeness (QED) is 0.229. The maximum absolute atomic E-state index is 12.0. The Balaban J connectivity index is 0.00000420. The third-order valence-corrected chi connectivity index (χ3v) is 5.17. The number of aromatic nitrogens is 3. The van der Waals surface area contributed by atoms with Crippen LogP contribution in [0.1, 0.15) is 71.7 Å². The van der Waals surface area contributed by atoms with Crippen LogP contribution in [-0.2, 0) is 11.2 Å². The largest absolute Gasteiger partial charge is 0.462 e. The van der Waals surface area contributed by atoms with Gasteiger partial charge in [-0.3, -0.25) is 4.99 Å². The number of carbonyl (C=O) groups is 1. The van der Waals surface area contributed by atoms with Gasteiger partial charge in [0.15, 0.2) is 11.8 Å². The van der Waals surface area contributed by atoms with E-state index in [9.17, 15) is 4.79 Å². The number of nitrogens with zero attached hydrogens (tertiary/aromatic N) is 4. The summed E-state index contributed by atoms with van der Waals surface area (Å²) in [5.41, 5.74) is 0.674. The van der Waals surface area contributed by atoms with E-state index in [4.69, 9.17) is 9.26 Å². The van der Waals surface area contributed by atoms with Gasteiger partial charge >= 0.3 is 5.97 Å². The van der Waals surface area contributed by atoms with Gasteiger partial charge < -0.3 is 19.9 Å². The Morgan fingerprint density at radius 1 is 1.31 bits per heavy atom. The molecular weight excluding hydrogens is 507 g/mol. The summed E-state index contributed by atoms with van der Waals surface area (Å²) >= 11 is 1.33. The molecule has 0 aliphatic heterocycles. The Labute approximate surface area is 192 Å². The van der Waals surface area contributed by atoms with Gasteiger partial charge in [-0.1, -0.05) is 19.0 Å². The van der Waals surface area contributed by atoms with Crippen LogP contribution >= 0.6 is 35.3 Å². The van der Waals surface area contributed by atoms with Crippen LogP contribution < -0.4 is 10.6 Å². The highest BCUT2D eigenvalue weighted by molar-refractivity contribution is 14.0. The van der Waals surface area contributed by atoms with Gasteiger partial charge in [-0.05, 0) is 20.8 Å². The average molecular weight is 536 g/mol. The second kappa shape index (κ2) is 12.1. The molecule has 0 fully saturated rings.